The second kappa shape index (κ2) is 5.28. The molecule has 2 aromatic carbocycles. The Morgan fingerprint density at radius 2 is 2.05 bits per heavy atom. The average molecular weight is 379 g/mol. The van der Waals surface area contributed by atoms with Crippen molar-refractivity contribution in [3.8, 4) is 5.75 Å². The normalized spacial score (nSPS) is 15.6. The zero-order valence-electron chi connectivity index (χ0n) is 11.7. The predicted octanol–water partition coefficient (Wildman–Crippen LogP) is 4.62. The molecule has 0 bridgehead atoms. The van der Waals surface area contributed by atoms with Crippen LogP contribution in [0.1, 0.15) is 25.0 Å². The first-order chi connectivity index (χ1) is 9.52. The molecule has 0 unspecified atom stereocenters. The van der Waals surface area contributed by atoms with Crippen LogP contribution in [0.3, 0.4) is 0 Å². The van der Waals surface area contributed by atoms with Crippen molar-refractivity contribution in [1.82, 2.24) is 0 Å². The second-order valence-electron chi connectivity index (χ2n) is 5.84. The molecule has 104 valence electrons. The molecule has 3 heteroatoms. The maximum atomic E-state index is 5.91. The fraction of sp³-hybridized carbons (Fsp3) is 0.294. The van der Waals surface area contributed by atoms with Gasteiger partial charge in [0.1, 0.15) is 11.4 Å². The van der Waals surface area contributed by atoms with Gasteiger partial charge in [0.2, 0.25) is 0 Å². The molecule has 0 saturated heterocycles. The first kappa shape index (κ1) is 13.7. The van der Waals surface area contributed by atoms with Crippen LogP contribution in [0.4, 0.5) is 5.69 Å². The molecule has 0 aromatic heterocycles. The van der Waals surface area contributed by atoms with Crippen LogP contribution in [-0.2, 0) is 13.0 Å². The summed E-state index contributed by atoms with van der Waals surface area (Å²) in [5.74, 6) is 1.04. The van der Waals surface area contributed by atoms with E-state index in [4.69, 9.17) is 4.74 Å². The molecule has 2 aromatic rings. The van der Waals surface area contributed by atoms with Gasteiger partial charge in [-0.15, -0.1) is 0 Å². The third-order valence-electron chi connectivity index (χ3n) is 3.45. The van der Waals surface area contributed by atoms with Gasteiger partial charge in [0.15, 0.2) is 0 Å². The van der Waals surface area contributed by atoms with Crippen molar-refractivity contribution in [2.75, 3.05) is 5.32 Å². The van der Waals surface area contributed by atoms with E-state index in [2.05, 4.69) is 84.2 Å². The maximum Gasteiger partial charge on any atom is 0.123 e. The van der Waals surface area contributed by atoms with Gasteiger partial charge in [0, 0.05) is 22.2 Å². The zero-order valence-corrected chi connectivity index (χ0v) is 13.9. The van der Waals surface area contributed by atoms with Gasteiger partial charge in [0.25, 0.3) is 0 Å². The van der Waals surface area contributed by atoms with E-state index in [9.17, 15) is 0 Å². The van der Waals surface area contributed by atoms with Gasteiger partial charge >= 0.3 is 0 Å². The Balaban J connectivity index is 1.71. The molecule has 0 aliphatic carbocycles. The Morgan fingerprint density at radius 3 is 2.85 bits per heavy atom. The number of fused-ring (bicyclic) bond motifs is 1. The Hall–Kier alpha value is -1.23. The van der Waals surface area contributed by atoms with Crippen molar-refractivity contribution in [1.29, 1.82) is 0 Å². The summed E-state index contributed by atoms with van der Waals surface area (Å²) in [6, 6.07) is 14.9. The topological polar surface area (TPSA) is 21.3 Å². The van der Waals surface area contributed by atoms with Crippen molar-refractivity contribution < 1.29 is 4.74 Å². The van der Waals surface area contributed by atoms with Gasteiger partial charge in [-0.25, -0.2) is 0 Å². The van der Waals surface area contributed by atoms with Crippen molar-refractivity contribution >= 4 is 28.3 Å². The van der Waals surface area contributed by atoms with Crippen molar-refractivity contribution in [2.24, 2.45) is 0 Å². The number of rotatable bonds is 3. The highest BCUT2D eigenvalue weighted by molar-refractivity contribution is 14.1. The SMILES string of the molecule is CC1(C)Cc2cc(CNc3cccc(I)c3)ccc2O1. The first-order valence-electron chi connectivity index (χ1n) is 6.82. The van der Waals surface area contributed by atoms with Crippen LogP contribution in [0.5, 0.6) is 5.75 Å². The summed E-state index contributed by atoms with van der Waals surface area (Å²) in [4.78, 5) is 0. The van der Waals surface area contributed by atoms with Crippen LogP contribution >= 0.6 is 22.6 Å². The number of hydrogen-bond acceptors (Lipinski definition) is 2. The van der Waals surface area contributed by atoms with E-state index in [0.717, 1.165) is 24.4 Å². The van der Waals surface area contributed by atoms with Gasteiger partial charge in [0.05, 0.1) is 0 Å². The van der Waals surface area contributed by atoms with E-state index in [1.807, 2.05) is 0 Å². The van der Waals surface area contributed by atoms with E-state index in [1.54, 1.807) is 0 Å². The van der Waals surface area contributed by atoms with Crippen LogP contribution in [0.15, 0.2) is 42.5 Å². The molecule has 0 fully saturated rings. The fourth-order valence-corrected chi connectivity index (χ4v) is 3.12. The van der Waals surface area contributed by atoms with Gasteiger partial charge < -0.3 is 10.1 Å². The molecular weight excluding hydrogens is 361 g/mol. The first-order valence-corrected chi connectivity index (χ1v) is 7.90. The van der Waals surface area contributed by atoms with Crippen LogP contribution in [0.2, 0.25) is 0 Å². The van der Waals surface area contributed by atoms with Crippen molar-refractivity contribution in [2.45, 2.75) is 32.4 Å². The number of hydrogen-bond donors (Lipinski definition) is 1. The minimum absolute atomic E-state index is 0.0655. The monoisotopic (exact) mass is 379 g/mol. The third-order valence-corrected chi connectivity index (χ3v) is 4.12. The van der Waals surface area contributed by atoms with Crippen molar-refractivity contribution in [3.63, 3.8) is 0 Å². The summed E-state index contributed by atoms with van der Waals surface area (Å²) in [6.07, 6.45) is 0.986. The van der Waals surface area contributed by atoms with E-state index in [-0.39, 0.29) is 5.60 Å². The Morgan fingerprint density at radius 1 is 1.20 bits per heavy atom. The van der Waals surface area contributed by atoms with E-state index >= 15 is 0 Å². The van der Waals surface area contributed by atoms with E-state index in [1.165, 1.54) is 14.7 Å². The highest BCUT2D eigenvalue weighted by Crippen LogP contribution is 2.35. The van der Waals surface area contributed by atoms with E-state index in [0.29, 0.717) is 0 Å². The number of nitrogens with one attached hydrogen (secondary N) is 1. The Kier molecular flexibility index (Phi) is 3.63. The molecule has 20 heavy (non-hydrogen) atoms. The lowest BCUT2D eigenvalue weighted by Crippen LogP contribution is -2.24. The summed E-state index contributed by atoms with van der Waals surface area (Å²) in [7, 11) is 0. The molecule has 0 radical (unpaired) electrons. The fourth-order valence-electron chi connectivity index (χ4n) is 2.58. The van der Waals surface area contributed by atoms with Gasteiger partial charge in [-0.2, -0.15) is 0 Å². The molecule has 1 aliphatic heterocycles. The predicted molar refractivity (Wildman–Crippen MR) is 91.3 cm³/mol. The quantitative estimate of drug-likeness (QED) is 0.786. The van der Waals surface area contributed by atoms with Crippen LogP contribution in [-0.4, -0.2) is 5.60 Å². The summed E-state index contributed by atoms with van der Waals surface area (Å²) in [6.45, 7) is 5.11. The second-order valence-corrected chi connectivity index (χ2v) is 7.09. The molecule has 1 N–H and O–H groups in total. The molecule has 0 atom stereocenters. The largest absolute Gasteiger partial charge is 0.487 e. The molecule has 1 aliphatic rings. The minimum atomic E-state index is -0.0655. The lowest BCUT2D eigenvalue weighted by Gasteiger charge is -2.16. The highest BCUT2D eigenvalue weighted by Gasteiger charge is 2.29. The number of halogens is 1. The molecule has 0 amide bonds. The van der Waals surface area contributed by atoms with Gasteiger partial charge in [-0.05, 0) is 71.8 Å². The molecular formula is C17H18INO. The van der Waals surface area contributed by atoms with Gasteiger partial charge in [-0.3, -0.25) is 0 Å². The van der Waals surface area contributed by atoms with Crippen molar-refractivity contribution in [3.05, 3.63) is 57.2 Å². The smallest absolute Gasteiger partial charge is 0.123 e. The molecule has 0 saturated carbocycles. The molecule has 3 rings (SSSR count). The maximum absolute atomic E-state index is 5.91. The lowest BCUT2D eigenvalue weighted by molar-refractivity contribution is 0.138. The number of anilines is 1. The summed E-state index contributed by atoms with van der Waals surface area (Å²) in [5.41, 5.74) is 3.71. The summed E-state index contributed by atoms with van der Waals surface area (Å²) >= 11 is 2.33. The Bertz CT molecular complexity index is 637. The summed E-state index contributed by atoms with van der Waals surface area (Å²) in [5, 5.41) is 3.47. The van der Waals surface area contributed by atoms with Crippen LogP contribution < -0.4 is 10.1 Å². The average Bonchev–Trinajstić information content (AvgIpc) is 2.69. The number of benzene rings is 2. The molecule has 1 heterocycles. The third kappa shape index (κ3) is 3.08. The number of ether oxygens (including phenoxy) is 1. The van der Waals surface area contributed by atoms with Gasteiger partial charge in [-0.1, -0.05) is 18.2 Å². The zero-order chi connectivity index (χ0) is 14.2. The highest BCUT2D eigenvalue weighted by atomic mass is 127. The Labute approximate surface area is 133 Å². The minimum Gasteiger partial charge on any atom is -0.487 e. The lowest BCUT2D eigenvalue weighted by atomic mass is 10.0. The molecule has 0 spiro atoms. The summed E-state index contributed by atoms with van der Waals surface area (Å²) < 4.78 is 7.15. The van der Waals surface area contributed by atoms with E-state index < -0.39 is 0 Å². The molecule has 2 nitrogen and oxygen atoms in total. The standard InChI is InChI=1S/C17H18INO/c1-17(2)10-13-8-12(6-7-16(13)20-17)11-19-15-5-3-4-14(18)9-15/h3-9,19H,10-11H2,1-2H3. The van der Waals surface area contributed by atoms with Crippen LogP contribution in [0.25, 0.3) is 0 Å². The van der Waals surface area contributed by atoms with Crippen LogP contribution in [0, 0.1) is 3.57 Å².